The minimum absolute atomic E-state index is 0.0559. The first-order valence-corrected chi connectivity index (χ1v) is 5.65. The van der Waals surface area contributed by atoms with Crippen molar-refractivity contribution in [3.05, 3.63) is 11.7 Å². The van der Waals surface area contributed by atoms with Crippen LogP contribution in [0.4, 0.5) is 0 Å². The van der Waals surface area contributed by atoms with Crippen molar-refractivity contribution < 1.29 is 18.8 Å². The molecule has 1 aromatic heterocycles. The largest absolute Gasteiger partial charge is 0.377 e. The summed E-state index contributed by atoms with van der Waals surface area (Å²) in [7, 11) is 1.47. The van der Waals surface area contributed by atoms with Gasteiger partial charge in [-0.25, -0.2) is 0 Å². The number of Topliss-reactive ketones (excluding diaryl/α,β-unsaturated/α-hetero) is 1. The van der Waals surface area contributed by atoms with Crippen molar-refractivity contribution in [2.75, 3.05) is 20.3 Å². The van der Waals surface area contributed by atoms with Gasteiger partial charge in [0.25, 0.3) is 0 Å². The lowest BCUT2D eigenvalue weighted by molar-refractivity contribution is -0.122. The summed E-state index contributed by atoms with van der Waals surface area (Å²) in [5, 5.41) is 3.82. The van der Waals surface area contributed by atoms with Crippen molar-refractivity contribution in [1.82, 2.24) is 10.1 Å². The molecular formula is C11H18N2O4. The van der Waals surface area contributed by atoms with Gasteiger partial charge in [0, 0.05) is 13.7 Å². The van der Waals surface area contributed by atoms with Gasteiger partial charge >= 0.3 is 0 Å². The number of hydrogen-bond donors (Lipinski definition) is 0. The van der Waals surface area contributed by atoms with Gasteiger partial charge in [0.15, 0.2) is 5.78 Å². The lowest BCUT2D eigenvalue weighted by Gasteiger charge is -2.09. The number of aromatic nitrogens is 2. The third kappa shape index (κ3) is 4.24. The van der Waals surface area contributed by atoms with Gasteiger partial charge in [-0.05, 0) is 13.3 Å². The second-order valence-electron chi connectivity index (χ2n) is 3.55. The van der Waals surface area contributed by atoms with E-state index in [0.29, 0.717) is 18.3 Å². The van der Waals surface area contributed by atoms with E-state index in [1.807, 2.05) is 13.8 Å². The van der Waals surface area contributed by atoms with E-state index >= 15 is 0 Å². The van der Waals surface area contributed by atoms with Crippen LogP contribution >= 0.6 is 0 Å². The molecule has 6 nitrogen and oxygen atoms in total. The van der Waals surface area contributed by atoms with Crippen molar-refractivity contribution in [2.45, 2.75) is 32.8 Å². The Morgan fingerprint density at radius 1 is 1.47 bits per heavy atom. The second kappa shape index (κ2) is 7.13. The first-order chi connectivity index (χ1) is 8.21. The number of ether oxygens (including phenoxy) is 2. The molecule has 0 amide bonds. The van der Waals surface area contributed by atoms with Crippen molar-refractivity contribution in [3.8, 4) is 0 Å². The highest BCUT2D eigenvalue weighted by Crippen LogP contribution is 2.17. The maximum Gasteiger partial charge on any atom is 0.234 e. The summed E-state index contributed by atoms with van der Waals surface area (Å²) in [5.41, 5.74) is 0. The number of rotatable bonds is 8. The van der Waals surface area contributed by atoms with Gasteiger partial charge in [-0.1, -0.05) is 12.1 Å². The first-order valence-electron chi connectivity index (χ1n) is 5.65. The average Bonchev–Trinajstić information content (AvgIpc) is 2.74. The van der Waals surface area contributed by atoms with Crippen LogP contribution in [-0.4, -0.2) is 36.2 Å². The van der Waals surface area contributed by atoms with Crippen LogP contribution < -0.4 is 0 Å². The molecule has 0 radical (unpaired) electrons. The first kappa shape index (κ1) is 13.8. The Morgan fingerprint density at radius 3 is 2.82 bits per heavy atom. The van der Waals surface area contributed by atoms with Crippen LogP contribution in [0.15, 0.2) is 4.52 Å². The number of hydrogen-bond acceptors (Lipinski definition) is 6. The highest BCUT2D eigenvalue weighted by atomic mass is 16.5. The van der Waals surface area contributed by atoms with E-state index in [-0.39, 0.29) is 24.9 Å². The molecule has 0 spiro atoms. The van der Waals surface area contributed by atoms with Crippen molar-refractivity contribution in [2.24, 2.45) is 0 Å². The Hall–Kier alpha value is -1.27. The zero-order chi connectivity index (χ0) is 12.7. The summed E-state index contributed by atoms with van der Waals surface area (Å²) in [6, 6.07) is 0. The minimum atomic E-state index is -0.171. The summed E-state index contributed by atoms with van der Waals surface area (Å²) in [5.74, 6) is 0.710. The molecule has 1 unspecified atom stereocenters. The predicted molar refractivity (Wildman–Crippen MR) is 59.5 cm³/mol. The number of carbonyl (C=O) groups is 1. The fourth-order valence-electron chi connectivity index (χ4n) is 1.43. The van der Waals surface area contributed by atoms with Gasteiger partial charge in [0.1, 0.15) is 12.7 Å². The van der Waals surface area contributed by atoms with Crippen LogP contribution in [0, 0.1) is 0 Å². The number of carbonyl (C=O) groups excluding carboxylic acids is 1. The summed E-state index contributed by atoms with van der Waals surface area (Å²) in [6.07, 6.45) is 0.692. The summed E-state index contributed by atoms with van der Waals surface area (Å²) < 4.78 is 15.2. The monoisotopic (exact) mass is 242 g/mol. The summed E-state index contributed by atoms with van der Waals surface area (Å²) in [6.45, 7) is 4.53. The third-order valence-corrected chi connectivity index (χ3v) is 2.16. The van der Waals surface area contributed by atoms with Crippen LogP contribution in [0.1, 0.15) is 38.1 Å². The average molecular weight is 242 g/mol. The van der Waals surface area contributed by atoms with E-state index in [1.165, 1.54) is 7.11 Å². The molecule has 1 atom stereocenters. The molecule has 1 heterocycles. The molecule has 1 aromatic rings. The van der Waals surface area contributed by atoms with E-state index in [9.17, 15) is 4.79 Å². The molecule has 6 heteroatoms. The zero-order valence-electron chi connectivity index (χ0n) is 10.4. The van der Waals surface area contributed by atoms with E-state index in [4.69, 9.17) is 14.0 Å². The van der Waals surface area contributed by atoms with Crippen molar-refractivity contribution >= 4 is 5.78 Å². The van der Waals surface area contributed by atoms with Gasteiger partial charge in [0.2, 0.25) is 11.7 Å². The molecule has 0 aliphatic heterocycles. The molecule has 96 valence electrons. The Bertz CT molecular complexity index is 351. The lowest BCUT2D eigenvalue weighted by atomic mass is 10.2. The number of ketones is 1. The van der Waals surface area contributed by atoms with E-state index < -0.39 is 0 Å². The van der Waals surface area contributed by atoms with Crippen LogP contribution in [0.5, 0.6) is 0 Å². The molecule has 0 fully saturated rings. The fraction of sp³-hybridized carbons (Fsp3) is 0.727. The van der Waals surface area contributed by atoms with Crippen LogP contribution in [0.25, 0.3) is 0 Å². The maximum atomic E-state index is 11.3. The molecule has 0 aromatic carbocycles. The van der Waals surface area contributed by atoms with Crippen molar-refractivity contribution in [3.63, 3.8) is 0 Å². The zero-order valence-corrected chi connectivity index (χ0v) is 10.4. The van der Waals surface area contributed by atoms with E-state index in [0.717, 1.165) is 6.42 Å². The van der Waals surface area contributed by atoms with Crippen LogP contribution in [0.3, 0.4) is 0 Å². The predicted octanol–water partition coefficient (Wildman–Crippen LogP) is 1.32. The Morgan fingerprint density at radius 2 is 2.24 bits per heavy atom. The van der Waals surface area contributed by atoms with E-state index in [1.54, 1.807) is 0 Å². The topological polar surface area (TPSA) is 74.5 Å². The number of methoxy groups -OCH3 is 1. The highest BCUT2D eigenvalue weighted by molar-refractivity contribution is 5.81. The van der Waals surface area contributed by atoms with Gasteiger partial charge in [-0.15, -0.1) is 0 Å². The van der Waals surface area contributed by atoms with Gasteiger partial charge in [-0.2, -0.15) is 4.98 Å². The summed E-state index contributed by atoms with van der Waals surface area (Å²) >= 11 is 0. The van der Waals surface area contributed by atoms with Gasteiger partial charge < -0.3 is 14.0 Å². The maximum absolute atomic E-state index is 11.3. The standard InChI is InChI=1S/C11H18N2O4/c1-4-9(16-5-2)11-12-10(17-13-11)6-8(14)7-15-3/h9H,4-7H2,1-3H3. The second-order valence-corrected chi connectivity index (χ2v) is 3.55. The fourth-order valence-corrected chi connectivity index (χ4v) is 1.43. The quantitative estimate of drug-likeness (QED) is 0.684. The molecule has 0 saturated heterocycles. The molecule has 0 aliphatic rings. The molecule has 0 bridgehead atoms. The smallest absolute Gasteiger partial charge is 0.234 e. The van der Waals surface area contributed by atoms with Crippen LogP contribution in [-0.2, 0) is 20.7 Å². The molecule has 1 rings (SSSR count). The Labute approximate surface area is 100 Å². The third-order valence-electron chi connectivity index (χ3n) is 2.16. The normalized spacial score (nSPS) is 12.6. The van der Waals surface area contributed by atoms with Gasteiger partial charge in [0.05, 0.1) is 6.42 Å². The highest BCUT2D eigenvalue weighted by Gasteiger charge is 2.18. The van der Waals surface area contributed by atoms with E-state index in [2.05, 4.69) is 10.1 Å². The number of nitrogens with zero attached hydrogens (tertiary/aromatic N) is 2. The van der Waals surface area contributed by atoms with Crippen molar-refractivity contribution in [1.29, 1.82) is 0 Å². The summed E-state index contributed by atoms with van der Waals surface area (Å²) in [4.78, 5) is 15.4. The van der Waals surface area contributed by atoms with Gasteiger partial charge in [-0.3, -0.25) is 4.79 Å². The molecule has 0 aliphatic carbocycles. The molecule has 0 N–H and O–H groups in total. The Kier molecular flexibility index (Phi) is 5.79. The molecule has 17 heavy (non-hydrogen) atoms. The Balaban J connectivity index is 2.60. The molecule has 0 saturated carbocycles. The lowest BCUT2D eigenvalue weighted by Crippen LogP contribution is -2.10. The molecular weight excluding hydrogens is 224 g/mol. The van der Waals surface area contributed by atoms with Crippen LogP contribution in [0.2, 0.25) is 0 Å². The SMILES string of the molecule is CCOC(CC)c1noc(CC(=O)COC)n1. The minimum Gasteiger partial charge on any atom is -0.377 e.